The first-order valence-electron chi connectivity index (χ1n) is 2.42. The largest absolute Gasteiger partial charge is 0.440 e. The van der Waals surface area contributed by atoms with Crippen molar-refractivity contribution in [2.24, 2.45) is 0 Å². The van der Waals surface area contributed by atoms with Crippen molar-refractivity contribution in [1.29, 1.82) is 0 Å². The molecule has 0 aromatic carbocycles. The summed E-state index contributed by atoms with van der Waals surface area (Å²) in [6.07, 6.45) is 0. The highest BCUT2D eigenvalue weighted by atomic mass is 16.4. The van der Waals surface area contributed by atoms with E-state index in [1.165, 1.54) is 6.55 Å². The molecule has 0 aliphatic heterocycles. The molecule has 0 atom stereocenters. The molecule has 34 valence electrons. The van der Waals surface area contributed by atoms with Gasteiger partial charge in [0.1, 0.15) is 0 Å². The molecule has 0 fully saturated rings. The van der Waals surface area contributed by atoms with E-state index in [9.17, 15) is 0 Å². The third-order valence-corrected chi connectivity index (χ3v) is 0.372. The highest BCUT2D eigenvalue weighted by molar-refractivity contribution is 5.98. The lowest BCUT2D eigenvalue weighted by atomic mass is 10.4. The Morgan fingerprint density at radius 3 is 3.17 bits per heavy atom. The number of rotatable bonds is 2. The lowest BCUT2D eigenvalue weighted by Gasteiger charge is -1.91. The Kier molecular flexibility index (Phi) is 1.95. The van der Waals surface area contributed by atoms with Crippen LogP contribution in [0.15, 0.2) is 12.1 Å². The zero-order chi connectivity index (χ0) is 5.70. The molecule has 0 unspecified atom stereocenters. The molecule has 0 bridgehead atoms. The first-order valence-corrected chi connectivity index (χ1v) is 1.84. The maximum atomic E-state index is 6.67. The fourth-order valence-corrected chi connectivity index (χ4v) is 0.228. The normalized spacial score (nSPS) is 14.2. The molecule has 6 heavy (non-hydrogen) atoms. The van der Waals surface area contributed by atoms with Gasteiger partial charge in [0.15, 0.2) is 0 Å². The first-order chi connectivity index (χ1) is 3.31. The maximum Gasteiger partial charge on any atom is 0.257 e. The van der Waals surface area contributed by atoms with Crippen LogP contribution in [-0.4, -0.2) is 14.7 Å². The predicted molar refractivity (Wildman–Crippen MR) is 29.3 cm³/mol. The van der Waals surface area contributed by atoms with E-state index in [1.807, 2.05) is 6.92 Å². The summed E-state index contributed by atoms with van der Waals surface area (Å²) in [5.41, 5.74) is 0.947. The summed E-state index contributed by atoms with van der Waals surface area (Å²) in [7, 11) is 1.62. The maximum absolute atomic E-state index is 6.67. The van der Waals surface area contributed by atoms with Gasteiger partial charge in [0.2, 0.25) is 0 Å². The van der Waals surface area contributed by atoms with Crippen LogP contribution in [0.4, 0.5) is 0 Å². The predicted octanol–water partition coefficient (Wildman–Crippen LogP) is 0.127. The number of hydrogen-bond acceptors (Lipinski definition) is 1. The molecule has 0 heterocycles. The minimum Gasteiger partial charge on any atom is -0.440 e. The van der Waals surface area contributed by atoms with E-state index in [1.54, 1.807) is 8.05 Å². The Morgan fingerprint density at radius 2 is 3.00 bits per heavy atom. The molecule has 0 amide bonds. The summed E-state index contributed by atoms with van der Waals surface area (Å²) >= 11 is 0. The quantitative estimate of drug-likeness (QED) is 0.342. The molecule has 0 N–H and O–H groups in total. The highest BCUT2D eigenvalue weighted by Gasteiger charge is 1.75. The fraction of sp³-hybridized carbons (Fsp3) is 0.500. The Bertz CT molecular complexity index is 72.1. The third-order valence-electron chi connectivity index (χ3n) is 0.372. The second kappa shape index (κ2) is 2.97. The van der Waals surface area contributed by atoms with Crippen LogP contribution in [0, 0.1) is 0 Å². The van der Waals surface area contributed by atoms with Crippen LogP contribution in [0.2, 0.25) is 0 Å². The van der Waals surface area contributed by atoms with E-state index in [0.717, 1.165) is 5.57 Å². The molecular formula is C4H9BO. The van der Waals surface area contributed by atoms with Crippen molar-refractivity contribution in [1.82, 2.24) is 0 Å². The summed E-state index contributed by atoms with van der Waals surface area (Å²) in [5.74, 6) is 0. The minimum absolute atomic E-state index is 0.573. The summed E-state index contributed by atoms with van der Waals surface area (Å²) in [6, 6.07) is 0. The van der Waals surface area contributed by atoms with E-state index < -0.39 is 0 Å². The topological polar surface area (TPSA) is 9.23 Å². The number of hydrogen-bond donors (Lipinski definition) is 0. The van der Waals surface area contributed by atoms with Gasteiger partial charge in [-0.15, -0.1) is 0 Å². The van der Waals surface area contributed by atoms with Gasteiger partial charge in [0, 0.05) is 6.61 Å². The third kappa shape index (κ3) is 3.76. The Hall–Kier alpha value is -0.235. The average molecular weight is 84.9 g/mol. The van der Waals surface area contributed by atoms with Crippen LogP contribution in [0.1, 0.15) is 8.29 Å². The van der Waals surface area contributed by atoms with Crippen LogP contribution >= 0.6 is 0 Å². The highest BCUT2D eigenvalue weighted by Crippen LogP contribution is 1.82. The van der Waals surface area contributed by atoms with E-state index in [0.29, 0.717) is 6.61 Å². The molecule has 0 rings (SSSR count). The molecule has 0 saturated heterocycles. The van der Waals surface area contributed by atoms with Crippen molar-refractivity contribution < 1.29 is 6.03 Å². The van der Waals surface area contributed by atoms with Crippen molar-refractivity contribution in [3.63, 3.8) is 0 Å². The van der Waals surface area contributed by atoms with Gasteiger partial charge in [0.05, 0.1) is 1.37 Å². The van der Waals surface area contributed by atoms with Gasteiger partial charge in [-0.2, -0.15) is 0 Å². The second-order valence-electron chi connectivity index (χ2n) is 1.28. The van der Waals surface area contributed by atoms with Crippen LogP contribution in [0.5, 0.6) is 0 Å². The van der Waals surface area contributed by atoms with E-state index in [2.05, 4.69) is 0 Å². The molecular weight excluding hydrogens is 74.9 g/mol. The molecule has 0 radical (unpaired) electrons. The molecule has 1 nitrogen and oxygen atoms in total. The van der Waals surface area contributed by atoms with Crippen LogP contribution in [-0.2, 0) is 4.65 Å². The lowest BCUT2D eigenvalue weighted by molar-refractivity contribution is 0.389. The molecule has 2 heteroatoms. The molecule has 0 aromatic rings. The molecule has 0 aliphatic carbocycles. The van der Waals surface area contributed by atoms with Crippen molar-refractivity contribution >= 4 is 8.05 Å². The van der Waals surface area contributed by atoms with Gasteiger partial charge < -0.3 is 4.65 Å². The molecule has 0 aromatic heterocycles. The average Bonchev–Trinajstić information content (AvgIpc) is 1.68. The molecule has 0 saturated carbocycles. The van der Waals surface area contributed by atoms with E-state index in [4.69, 9.17) is 6.03 Å². The van der Waals surface area contributed by atoms with Gasteiger partial charge in [-0.25, -0.2) is 0 Å². The first kappa shape index (κ1) is 3.94. The standard InChI is InChI=1S/C4H9BO/c1-4(2)3-6-5/h1,3,5H2,2H3/i1D/b4-1-. The Labute approximate surface area is 40.8 Å². The summed E-state index contributed by atoms with van der Waals surface area (Å²) in [5, 5.41) is 0. The Balaban J connectivity index is 3.17. The SMILES string of the molecule is [2H]/C=C(/C)COB. The smallest absolute Gasteiger partial charge is 0.257 e. The van der Waals surface area contributed by atoms with E-state index >= 15 is 0 Å². The lowest BCUT2D eigenvalue weighted by Crippen LogP contribution is -1.87. The van der Waals surface area contributed by atoms with Gasteiger partial charge in [-0.3, -0.25) is 0 Å². The second-order valence-corrected chi connectivity index (χ2v) is 1.28. The monoisotopic (exact) mass is 85.1 g/mol. The van der Waals surface area contributed by atoms with Gasteiger partial charge >= 0.3 is 0 Å². The van der Waals surface area contributed by atoms with Gasteiger partial charge in [-0.05, 0) is 6.92 Å². The van der Waals surface area contributed by atoms with Gasteiger partial charge in [-0.1, -0.05) is 12.1 Å². The zero-order valence-corrected chi connectivity index (χ0v) is 4.19. The minimum atomic E-state index is 0.573. The van der Waals surface area contributed by atoms with E-state index in [-0.39, 0.29) is 0 Å². The summed E-state index contributed by atoms with van der Waals surface area (Å²) in [4.78, 5) is 0. The van der Waals surface area contributed by atoms with Crippen LogP contribution in [0.25, 0.3) is 0 Å². The van der Waals surface area contributed by atoms with Crippen molar-refractivity contribution in [3.05, 3.63) is 12.1 Å². The van der Waals surface area contributed by atoms with Crippen molar-refractivity contribution in [3.8, 4) is 0 Å². The molecule has 0 aliphatic rings. The fourth-order valence-electron chi connectivity index (χ4n) is 0.228. The zero-order valence-electron chi connectivity index (χ0n) is 5.19. The molecule has 0 spiro atoms. The van der Waals surface area contributed by atoms with Crippen molar-refractivity contribution in [2.75, 3.05) is 6.61 Å². The Morgan fingerprint density at radius 1 is 2.33 bits per heavy atom. The van der Waals surface area contributed by atoms with Gasteiger partial charge in [0.25, 0.3) is 8.05 Å². The summed E-state index contributed by atoms with van der Waals surface area (Å²) in [6.45, 7) is 3.73. The van der Waals surface area contributed by atoms with Crippen LogP contribution in [0.3, 0.4) is 0 Å². The van der Waals surface area contributed by atoms with Crippen molar-refractivity contribution in [2.45, 2.75) is 6.92 Å². The van der Waals surface area contributed by atoms with Crippen LogP contribution < -0.4 is 0 Å². The summed E-state index contributed by atoms with van der Waals surface area (Å²) < 4.78 is 11.4.